The van der Waals surface area contributed by atoms with Crippen LogP contribution in [0.15, 0.2) is 24.4 Å². The molecule has 2 N–H and O–H groups in total. The summed E-state index contributed by atoms with van der Waals surface area (Å²) in [5.74, 6) is 1.08. The standard InChI is InChI=1S/C11H14N4O/c1-8-5-11(15-14-8)16-10-4-3-9(6-12-2)7-13-10/h3-5,7,12H,6H2,1-2H3,(H,14,15). The van der Waals surface area contributed by atoms with Gasteiger partial charge in [0.1, 0.15) is 0 Å². The Morgan fingerprint density at radius 2 is 2.25 bits per heavy atom. The summed E-state index contributed by atoms with van der Waals surface area (Å²) in [5.41, 5.74) is 2.08. The highest BCUT2D eigenvalue weighted by Crippen LogP contribution is 2.17. The molecule has 84 valence electrons. The molecule has 0 spiro atoms. The van der Waals surface area contributed by atoms with Gasteiger partial charge >= 0.3 is 0 Å². The Morgan fingerprint density at radius 3 is 2.81 bits per heavy atom. The molecule has 2 heterocycles. The smallest absolute Gasteiger partial charge is 0.240 e. The van der Waals surface area contributed by atoms with Crippen molar-refractivity contribution in [2.24, 2.45) is 0 Å². The number of nitrogens with zero attached hydrogens (tertiary/aromatic N) is 2. The summed E-state index contributed by atoms with van der Waals surface area (Å²) >= 11 is 0. The first-order chi connectivity index (χ1) is 7.78. The highest BCUT2D eigenvalue weighted by atomic mass is 16.5. The van der Waals surface area contributed by atoms with Gasteiger partial charge < -0.3 is 10.1 Å². The van der Waals surface area contributed by atoms with Crippen molar-refractivity contribution < 1.29 is 4.74 Å². The van der Waals surface area contributed by atoms with Crippen LogP contribution < -0.4 is 10.1 Å². The summed E-state index contributed by atoms with van der Waals surface area (Å²) in [7, 11) is 1.90. The quantitative estimate of drug-likeness (QED) is 0.818. The Bertz CT molecular complexity index is 449. The summed E-state index contributed by atoms with van der Waals surface area (Å²) in [6.07, 6.45) is 1.78. The van der Waals surface area contributed by atoms with E-state index in [9.17, 15) is 0 Å². The lowest BCUT2D eigenvalue weighted by molar-refractivity contribution is 0.443. The van der Waals surface area contributed by atoms with Crippen LogP contribution in [0, 0.1) is 6.92 Å². The van der Waals surface area contributed by atoms with Crippen molar-refractivity contribution in [2.75, 3.05) is 7.05 Å². The number of H-pyrrole nitrogens is 1. The monoisotopic (exact) mass is 218 g/mol. The van der Waals surface area contributed by atoms with Crippen molar-refractivity contribution in [3.05, 3.63) is 35.7 Å². The van der Waals surface area contributed by atoms with Crippen LogP contribution in [-0.2, 0) is 6.54 Å². The van der Waals surface area contributed by atoms with E-state index in [1.165, 1.54) is 0 Å². The molecule has 2 rings (SSSR count). The van der Waals surface area contributed by atoms with Crippen LogP contribution in [0.4, 0.5) is 0 Å². The lowest BCUT2D eigenvalue weighted by Gasteiger charge is -2.02. The van der Waals surface area contributed by atoms with Crippen LogP contribution in [0.25, 0.3) is 0 Å². The van der Waals surface area contributed by atoms with Gasteiger partial charge in [0.15, 0.2) is 0 Å². The third kappa shape index (κ3) is 2.58. The van der Waals surface area contributed by atoms with Gasteiger partial charge in [-0.3, -0.25) is 5.10 Å². The lowest BCUT2D eigenvalue weighted by Crippen LogP contribution is -2.05. The molecule has 16 heavy (non-hydrogen) atoms. The highest BCUT2D eigenvalue weighted by molar-refractivity contribution is 5.23. The van der Waals surface area contributed by atoms with Crippen molar-refractivity contribution in [1.29, 1.82) is 0 Å². The van der Waals surface area contributed by atoms with E-state index in [1.54, 1.807) is 6.20 Å². The van der Waals surface area contributed by atoms with Gasteiger partial charge in [-0.05, 0) is 19.5 Å². The van der Waals surface area contributed by atoms with Crippen LogP contribution in [0.3, 0.4) is 0 Å². The van der Waals surface area contributed by atoms with Gasteiger partial charge in [-0.15, -0.1) is 5.10 Å². The molecule has 0 aromatic carbocycles. The topological polar surface area (TPSA) is 62.8 Å². The first kappa shape index (κ1) is 10.6. The second-order valence-corrected chi connectivity index (χ2v) is 3.53. The fraction of sp³-hybridized carbons (Fsp3) is 0.273. The van der Waals surface area contributed by atoms with Crippen molar-refractivity contribution in [2.45, 2.75) is 13.5 Å². The predicted molar refractivity (Wildman–Crippen MR) is 60.4 cm³/mol. The van der Waals surface area contributed by atoms with E-state index in [-0.39, 0.29) is 0 Å². The van der Waals surface area contributed by atoms with Gasteiger partial charge in [0.2, 0.25) is 11.8 Å². The van der Waals surface area contributed by atoms with Gasteiger partial charge in [-0.25, -0.2) is 4.98 Å². The lowest BCUT2D eigenvalue weighted by atomic mass is 10.3. The molecule has 0 aliphatic heterocycles. The van der Waals surface area contributed by atoms with E-state index < -0.39 is 0 Å². The van der Waals surface area contributed by atoms with E-state index in [4.69, 9.17) is 4.74 Å². The molecule has 2 aromatic rings. The first-order valence-corrected chi connectivity index (χ1v) is 5.07. The van der Waals surface area contributed by atoms with E-state index in [2.05, 4.69) is 20.5 Å². The maximum atomic E-state index is 5.46. The first-order valence-electron chi connectivity index (χ1n) is 5.07. The second kappa shape index (κ2) is 4.76. The van der Waals surface area contributed by atoms with E-state index in [0.29, 0.717) is 11.8 Å². The molecular formula is C11H14N4O. The van der Waals surface area contributed by atoms with Crippen LogP contribution in [0.2, 0.25) is 0 Å². The minimum atomic E-state index is 0.534. The van der Waals surface area contributed by atoms with Gasteiger partial charge in [-0.2, -0.15) is 0 Å². The minimum absolute atomic E-state index is 0.534. The summed E-state index contributed by atoms with van der Waals surface area (Å²) in [6.45, 7) is 2.72. The van der Waals surface area contributed by atoms with Gasteiger partial charge in [0.25, 0.3) is 0 Å². The van der Waals surface area contributed by atoms with Gasteiger partial charge in [0.05, 0.1) is 0 Å². The fourth-order valence-corrected chi connectivity index (χ4v) is 1.33. The minimum Gasteiger partial charge on any atom is -0.419 e. The number of hydrogen-bond donors (Lipinski definition) is 2. The van der Waals surface area contributed by atoms with Crippen molar-refractivity contribution in [3.8, 4) is 11.8 Å². The number of aromatic amines is 1. The Labute approximate surface area is 93.9 Å². The number of ether oxygens (including phenoxy) is 1. The molecule has 0 atom stereocenters. The molecule has 2 aromatic heterocycles. The van der Waals surface area contributed by atoms with Gasteiger partial charge in [-0.1, -0.05) is 6.07 Å². The molecule has 5 heteroatoms. The largest absolute Gasteiger partial charge is 0.419 e. The zero-order valence-electron chi connectivity index (χ0n) is 9.32. The Balaban J connectivity index is 2.05. The molecule has 0 unspecified atom stereocenters. The van der Waals surface area contributed by atoms with Crippen molar-refractivity contribution in [3.63, 3.8) is 0 Å². The molecule has 0 aliphatic rings. The van der Waals surface area contributed by atoms with E-state index in [1.807, 2.05) is 32.2 Å². The summed E-state index contributed by atoms with van der Waals surface area (Å²) in [5, 5.41) is 9.84. The number of pyridine rings is 1. The molecular weight excluding hydrogens is 204 g/mol. The molecule has 0 aliphatic carbocycles. The molecule has 0 bridgehead atoms. The highest BCUT2D eigenvalue weighted by Gasteiger charge is 2.01. The Kier molecular flexibility index (Phi) is 3.16. The van der Waals surface area contributed by atoms with Crippen molar-refractivity contribution in [1.82, 2.24) is 20.5 Å². The predicted octanol–water partition coefficient (Wildman–Crippen LogP) is 1.62. The summed E-state index contributed by atoms with van der Waals surface area (Å²) in [4.78, 5) is 4.19. The van der Waals surface area contributed by atoms with Crippen molar-refractivity contribution >= 4 is 0 Å². The average Bonchev–Trinajstić information content (AvgIpc) is 2.67. The maximum Gasteiger partial charge on any atom is 0.240 e. The number of rotatable bonds is 4. The number of hydrogen-bond acceptors (Lipinski definition) is 4. The molecule has 0 amide bonds. The van der Waals surface area contributed by atoms with Crippen LogP contribution in [-0.4, -0.2) is 22.2 Å². The number of aryl methyl sites for hydroxylation is 1. The summed E-state index contributed by atoms with van der Waals surface area (Å²) < 4.78 is 5.46. The molecule has 0 radical (unpaired) electrons. The maximum absolute atomic E-state index is 5.46. The van der Waals surface area contributed by atoms with Crippen LogP contribution >= 0.6 is 0 Å². The Hall–Kier alpha value is -1.88. The average molecular weight is 218 g/mol. The zero-order valence-corrected chi connectivity index (χ0v) is 9.32. The normalized spacial score (nSPS) is 10.4. The third-order valence-corrected chi connectivity index (χ3v) is 2.07. The molecule has 0 saturated heterocycles. The summed E-state index contributed by atoms with van der Waals surface area (Å²) in [6, 6.07) is 5.62. The SMILES string of the molecule is CNCc1ccc(Oc2cc(C)[nH]n2)nc1. The third-order valence-electron chi connectivity index (χ3n) is 2.07. The zero-order chi connectivity index (χ0) is 11.4. The number of nitrogens with one attached hydrogen (secondary N) is 2. The Morgan fingerprint density at radius 1 is 1.38 bits per heavy atom. The van der Waals surface area contributed by atoms with Crippen LogP contribution in [0.1, 0.15) is 11.3 Å². The molecule has 5 nitrogen and oxygen atoms in total. The molecule has 0 fully saturated rings. The van der Waals surface area contributed by atoms with E-state index >= 15 is 0 Å². The molecule has 0 saturated carbocycles. The van der Waals surface area contributed by atoms with Gasteiger partial charge in [0, 0.05) is 30.6 Å². The fourth-order valence-electron chi connectivity index (χ4n) is 1.33. The second-order valence-electron chi connectivity index (χ2n) is 3.53. The number of aromatic nitrogens is 3. The van der Waals surface area contributed by atoms with E-state index in [0.717, 1.165) is 17.8 Å². The van der Waals surface area contributed by atoms with Crippen LogP contribution in [0.5, 0.6) is 11.8 Å².